The van der Waals surface area contributed by atoms with Crippen molar-refractivity contribution in [3.8, 4) is 11.5 Å². The summed E-state index contributed by atoms with van der Waals surface area (Å²) < 4.78 is 33.9. The van der Waals surface area contributed by atoms with E-state index in [1.165, 1.54) is 24.3 Å². The monoisotopic (exact) mass is 392 g/mol. The number of rotatable bonds is 9. The third-order valence-electron chi connectivity index (χ3n) is 3.57. The van der Waals surface area contributed by atoms with E-state index in [-0.39, 0.29) is 10.8 Å². The minimum absolute atomic E-state index is 0.0202. The minimum Gasteiger partial charge on any atom is -0.490 e. The van der Waals surface area contributed by atoms with E-state index in [9.17, 15) is 13.2 Å². The summed E-state index contributed by atoms with van der Waals surface area (Å²) in [5.74, 6) is 0.767. The Bertz CT molecular complexity index is 879. The number of carbonyl (C=O) groups is 1. The zero-order valence-corrected chi connectivity index (χ0v) is 16.2. The lowest BCUT2D eigenvalue weighted by molar-refractivity contribution is 0.102. The highest BCUT2D eigenvalue weighted by molar-refractivity contribution is 7.89. The van der Waals surface area contributed by atoms with Crippen LogP contribution in [0.3, 0.4) is 0 Å². The zero-order chi connectivity index (χ0) is 19.9. The standard InChI is InChI=1S/C19H24N2O5S/c1-3-11-25-17-10-5-14(13-18(17)26-12-4-2)19(22)21-15-6-8-16(9-7-15)27(20,23)24/h5-10,13H,3-4,11-12H2,1-2H3,(H,21,22)(H2,20,23,24). The number of hydrogen-bond donors (Lipinski definition) is 2. The van der Waals surface area contributed by atoms with Gasteiger partial charge < -0.3 is 14.8 Å². The van der Waals surface area contributed by atoms with E-state index in [2.05, 4.69) is 5.32 Å². The van der Waals surface area contributed by atoms with E-state index in [0.717, 1.165) is 12.8 Å². The summed E-state index contributed by atoms with van der Waals surface area (Å²) >= 11 is 0. The number of benzene rings is 2. The van der Waals surface area contributed by atoms with Gasteiger partial charge in [0.2, 0.25) is 10.0 Å². The molecule has 0 aliphatic rings. The molecule has 0 atom stereocenters. The Kier molecular flexibility index (Phi) is 7.20. The lowest BCUT2D eigenvalue weighted by atomic mass is 10.1. The van der Waals surface area contributed by atoms with Crippen LogP contribution in [0.15, 0.2) is 47.4 Å². The Morgan fingerprint density at radius 1 is 0.963 bits per heavy atom. The van der Waals surface area contributed by atoms with Crippen LogP contribution in [-0.2, 0) is 10.0 Å². The van der Waals surface area contributed by atoms with Crippen LogP contribution in [-0.4, -0.2) is 27.5 Å². The number of hydrogen-bond acceptors (Lipinski definition) is 5. The molecule has 0 radical (unpaired) electrons. The molecule has 3 N–H and O–H groups in total. The summed E-state index contributed by atoms with van der Waals surface area (Å²) in [7, 11) is -3.77. The smallest absolute Gasteiger partial charge is 0.255 e. The fourth-order valence-electron chi connectivity index (χ4n) is 2.24. The molecule has 0 fully saturated rings. The minimum atomic E-state index is -3.77. The zero-order valence-electron chi connectivity index (χ0n) is 15.4. The van der Waals surface area contributed by atoms with Crippen molar-refractivity contribution in [1.82, 2.24) is 0 Å². The maximum atomic E-state index is 12.5. The molecule has 0 spiro atoms. The van der Waals surface area contributed by atoms with Crippen molar-refractivity contribution < 1.29 is 22.7 Å². The first-order valence-corrected chi connectivity index (χ1v) is 10.2. The van der Waals surface area contributed by atoms with Gasteiger partial charge in [0.15, 0.2) is 11.5 Å². The molecule has 7 nitrogen and oxygen atoms in total. The second kappa shape index (κ2) is 9.38. The van der Waals surface area contributed by atoms with Crippen LogP contribution in [0.2, 0.25) is 0 Å². The molecule has 27 heavy (non-hydrogen) atoms. The fourth-order valence-corrected chi connectivity index (χ4v) is 2.75. The molecular formula is C19H24N2O5S. The Morgan fingerprint density at radius 3 is 2.11 bits per heavy atom. The quantitative estimate of drug-likeness (QED) is 0.681. The molecule has 0 saturated carbocycles. The number of primary sulfonamides is 1. The predicted molar refractivity (Wildman–Crippen MR) is 104 cm³/mol. The predicted octanol–water partition coefficient (Wildman–Crippen LogP) is 3.16. The van der Waals surface area contributed by atoms with Gasteiger partial charge >= 0.3 is 0 Å². The Labute approximate surface area is 159 Å². The summed E-state index contributed by atoms with van der Waals surface area (Å²) in [5.41, 5.74) is 0.857. The van der Waals surface area contributed by atoms with Crippen LogP contribution in [0, 0.1) is 0 Å². The highest BCUT2D eigenvalue weighted by Crippen LogP contribution is 2.29. The van der Waals surface area contributed by atoms with Gasteiger partial charge in [0.25, 0.3) is 5.91 Å². The average Bonchev–Trinajstić information content (AvgIpc) is 2.64. The lowest BCUT2D eigenvalue weighted by Gasteiger charge is -2.13. The second-order valence-corrected chi connectivity index (χ2v) is 7.44. The average molecular weight is 392 g/mol. The van der Waals surface area contributed by atoms with Crippen molar-refractivity contribution in [2.24, 2.45) is 5.14 Å². The number of nitrogens with one attached hydrogen (secondary N) is 1. The van der Waals surface area contributed by atoms with E-state index < -0.39 is 10.0 Å². The maximum absolute atomic E-state index is 12.5. The van der Waals surface area contributed by atoms with Crippen LogP contribution >= 0.6 is 0 Å². The summed E-state index contributed by atoms with van der Waals surface area (Å²) in [6.07, 6.45) is 1.70. The number of amides is 1. The van der Waals surface area contributed by atoms with Gasteiger partial charge in [-0.2, -0.15) is 0 Å². The van der Waals surface area contributed by atoms with E-state index in [4.69, 9.17) is 14.6 Å². The van der Waals surface area contributed by atoms with Crippen molar-refractivity contribution in [1.29, 1.82) is 0 Å². The third-order valence-corrected chi connectivity index (χ3v) is 4.50. The first kappa shape index (κ1) is 20.7. The van der Waals surface area contributed by atoms with Crippen molar-refractivity contribution in [2.45, 2.75) is 31.6 Å². The molecule has 0 bridgehead atoms. The van der Waals surface area contributed by atoms with Crippen molar-refractivity contribution in [3.63, 3.8) is 0 Å². The molecule has 0 aliphatic heterocycles. The van der Waals surface area contributed by atoms with Crippen molar-refractivity contribution >= 4 is 21.6 Å². The van der Waals surface area contributed by atoms with Crippen LogP contribution < -0.4 is 19.9 Å². The van der Waals surface area contributed by atoms with Gasteiger partial charge in [0, 0.05) is 11.3 Å². The summed E-state index contributed by atoms with van der Waals surface area (Å²) in [4.78, 5) is 12.5. The Morgan fingerprint density at radius 2 is 1.56 bits per heavy atom. The van der Waals surface area contributed by atoms with Crippen molar-refractivity contribution in [3.05, 3.63) is 48.0 Å². The van der Waals surface area contributed by atoms with Gasteiger partial charge in [-0.25, -0.2) is 13.6 Å². The summed E-state index contributed by atoms with van der Waals surface area (Å²) in [6, 6.07) is 10.6. The van der Waals surface area contributed by atoms with Gasteiger partial charge in [-0.05, 0) is 55.3 Å². The Hall–Kier alpha value is -2.58. The molecule has 0 aliphatic carbocycles. The van der Waals surface area contributed by atoms with Crippen LogP contribution in [0.4, 0.5) is 5.69 Å². The molecule has 2 aromatic rings. The largest absolute Gasteiger partial charge is 0.490 e. The van der Waals surface area contributed by atoms with Crippen molar-refractivity contribution in [2.75, 3.05) is 18.5 Å². The van der Waals surface area contributed by atoms with Crippen LogP contribution in [0.25, 0.3) is 0 Å². The summed E-state index contributed by atoms with van der Waals surface area (Å²) in [5, 5.41) is 7.78. The van der Waals surface area contributed by atoms with E-state index in [1.54, 1.807) is 18.2 Å². The molecule has 2 aromatic carbocycles. The SMILES string of the molecule is CCCOc1ccc(C(=O)Nc2ccc(S(N)(=O)=O)cc2)cc1OCCC. The fraction of sp³-hybridized carbons (Fsp3) is 0.316. The molecule has 0 heterocycles. The molecule has 0 aromatic heterocycles. The van der Waals surface area contributed by atoms with Gasteiger partial charge in [-0.1, -0.05) is 13.8 Å². The molecular weight excluding hydrogens is 368 g/mol. The lowest BCUT2D eigenvalue weighted by Crippen LogP contribution is -2.14. The second-order valence-electron chi connectivity index (χ2n) is 5.88. The highest BCUT2D eigenvalue weighted by atomic mass is 32.2. The molecule has 146 valence electrons. The van der Waals surface area contributed by atoms with Gasteiger partial charge in [-0.15, -0.1) is 0 Å². The number of ether oxygens (including phenoxy) is 2. The first-order valence-electron chi connectivity index (χ1n) is 8.69. The number of carbonyl (C=O) groups excluding carboxylic acids is 1. The van der Waals surface area contributed by atoms with Crippen LogP contribution in [0.1, 0.15) is 37.0 Å². The normalized spacial score (nSPS) is 11.1. The number of anilines is 1. The topological polar surface area (TPSA) is 108 Å². The molecule has 0 saturated heterocycles. The summed E-state index contributed by atoms with van der Waals surface area (Å²) in [6.45, 7) is 5.08. The van der Waals surface area contributed by atoms with E-state index in [1.807, 2.05) is 13.8 Å². The van der Waals surface area contributed by atoms with Crippen LogP contribution in [0.5, 0.6) is 11.5 Å². The third kappa shape index (κ3) is 5.97. The molecule has 1 amide bonds. The van der Waals surface area contributed by atoms with Gasteiger partial charge in [0.05, 0.1) is 18.1 Å². The number of sulfonamides is 1. The first-order chi connectivity index (χ1) is 12.8. The Balaban J connectivity index is 2.17. The highest BCUT2D eigenvalue weighted by Gasteiger charge is 2.13. The van der Waals surface area contributed by atoms with Gasteiger partial charge in [-0.3, -0.25) is 4.79 Å². The molecule has 0 unspecified atom stereocenters. The van der Waals surface area contributed by atoms with Gasteiger partial charge in [0.1, 0.15) is 0 Å². The maximum Gasteiger partial charge on any atom is 0.255 e. The number of nitrogens with two attached hydrogens (primary N) is 1. The molecule has 8 heteroatoms. The molecule has 2 rings (SSSR count). The van der Waals surface area contributed by atoms with E-state index >= 15 is 0 Å². The van der Waals surface area contributed by atoms with E-state index in [0.29, 0.717) is 36.0 Å².